The third kappa shape index (κ3) is 4.84. The highest BCUT2D eigenvalue weighted by Gasteiger charge is 2.05. The molecule has 0 unspecified atom stereocenters. The molecule has 0 aliphatic carbocycles. The van der Waals surface area contributed by atoms with Gasteiger partial charge in [0.15, 0.2) is 0 Å². The Hall–Kier alpha value is -1.36. The predicted octanol–water partition coefficient (Wildman–Crippen LogP) is 3.63. The molecule has 0 fully saturated rings. The van der Waals surface area contributed by atoms with Crippen LogP contribution < -0.4 is 10.1 Å². The number of ether oxygens (including phenoxy) is 1. The van der Waals surface area contributed by atoms with E-state index in [-0.39, 0.29) is 6.61 Å². The second kappa shape index (κ2) is 8.17. The molecule has 2 N–H and O–H groups in total. The van der Waals surface area contributed by atoms with E-state index in [1.807, 2.05) is 36.4 Å². The van der Waals surface area contributed by atoms with Crippen molar-refractivity contribution in [3.8, 4) is 5.75 Å². The Morgan fingerprint density at radius 1 is 1.10 bits per heavy atom. The van der Waals surface area contributed by atoms with Gasteiger partial charge in [0.25, 0.3) is 0 Å². The molecular weight excluding hydrogens is 330 g/mol. The van der Waals surface area contributed by atoms with Gasteiger partial charge in [-0.15, -0.1) is 0 Å². The van der Waals surface area contributed by atoms with E-state index in [1.54, 1.807) is 0 Å². The van der Waals surface area contributed by atoms with Gasteiger partial charge in [-0.3, -0.25) is 0 Å². The van der Waals surface area contributed by atoms with Crippen LogP contribution in [0.15, 0.2) is 46.9 Å². The van der Waals surface area contributed by atoms with Gasteiger partial charge in [0.1, 0.15) is 12.4 Å². The quantitative estimate of drug-likeness (QED) is 0.801. The standard InChI is InChI=1S/C17H20BrNO2/c1-2-19-10-15-9-16(18)7-8-17(15)21-12-14-5-3-13(11-20)4-6-14/h3-9,19-20H,2,10-12H2,1H3. The fourth-order valence-electron chi connectivity index (χ4n) is 1.99. The van der Waals surface area contributed by atoms with Crippen LogP contribution in [-0.2, 0) is 19.8 Å². The molecular formula is C17H20BrNO2. The summed E-state index contributed by atoms with van der Waals surface area (Å²) >= 11 is 3.49. The molecule has 2 rings (SSSR count). The van der Waals surface area contributed by atoms with Gasteiger partial charge in [-0.05, 0) is 35.9 Å². The van der Waals surface area contributed by atoms with E-state index in [4.69, 9.17) is 9.84 Å². The van der Waals surface area contributed by atoms with Crippen LogP contribution in [-0.4, -0.2) is 11.7 Å². The summed E-state index contributed by atoms with van der Waals surface area (Å²) in [5.41, 5.74) is 3.14. The largest absolute Gasteiger partial charge is 0.489 e. The van der Waals surface area contributed by atoms with Crippen LogP contribution in [0, 0.1) is 0 Å². The van der Waals surface area contributed by atoms with Gasteiger partial charge in [0.2, 0.25) is 0 Å². The van der Waals surface area contributed by atoms with Crippen LogP contribution in [0.2, 0.25) is 0 Å². The monoisotopic (exact) mass is 349 g/mol. The van der Waals surface area contributed by atoms with Crippen molar-refractivity contribution < 1.29 is 9.84 Å². The number of benzene rings is 2. The Morgan fingerprint density at radius 2 is 1.81 bits per heavy atom. The molecule has 0 aliphatic rings. The average molecular weight is 350 g/mol. The summed E-state index contributed by atoms with van der Waals surface area (Å²) in [6.07, 6.45) is 0. The Kier molecular flexibility index (Phi) is 6.23. The highest BCUT2D eigenvalue weighted by molar-refractivity contribution is 9.10. The molecule has 0 heterocycles. The van der Waals surface area contributed by atoms with Crippen molar-refractivity contribution in [3.63, 3.8) is 0 Å². The smallest absolute Gasteiger partial charge is 0.124 e. The van der Waals surface area contributed by atoms with E-state index in [0.29, 0.717) is 6.61 Å². The van der Waals surface area contributed by atoms with Crippen LogP contribution in [0.3, 0.4) is 0 Å². The van der Waals surface area contributed by atoms with Gasteiger partial charge in [0.05, 0.1) is 6.61 Å². The normalized spacial score (nSPS) is 10.6. The van der Waals surface area contributed by atoms with Crippen LogP contribution in [0.25, 0.3) is 0 Å². The molecule has 0 saturated carbocycles. The summed E-state index contributed by atoms with van der Waals surface area (Å²) in [6, 6.07) is 13.8. The Morgan fingerprint density at radius 3 is 2.48 bits per heavy atom. The summed E-state index contributed by atoms with van der Waals surface area (Å²) in [5.74, 6) is 0.894. The van der Waals surface area contributed by atoms with E-state index >= 15 is 0 Å². The number of aliphatic hydroxyl groups is 1. The molecule has 0 radical (unpaired) electrons. The zero-order chi connectivity index (χ0) is 15.1. The summed E-state index contributed by atoms with van der Waals surface area (Å²) in [4.78, 5) is 0. The summed E-state index contributed by atoms with van der Waals surface area (Å²) in [5, 5.41) is 12.4. The topological polar surface area (TPSA) is 41.5 Å². The Bertz CT molecular complexity index is 570. The lowest BCUT2D eigenvalue weighted by molar-refractivity contribution is 0.281. The zero-order valence-corrected chi connectivity index (χ0v) is 13.7. The second-order valence-electron chi connectivity index (χ2n) is 4.80. The molecule has 0 amide bonds. The van der Waals surface area contributed by atoms with Gasteiger partial charge < -0.3 is 15.2 Å². The highest BCUT2D eigenvalue weighted by atomic mass is 79.9. The molecule has 0 spiro atoms. The molecule has 0 aromatic heterocycles. The summed E-state index contributed by atoms with van der Waals surface area (Å²) < 4.78 is 6.98. The molecule has 0 saturated heterocycles. The Labute approximate surface area is 134 Å². The van der Waals surface area contributed by atoms with Crippen LogP contribution in [0.4, 0.5) is 0 Å². The molecule has 0 atom stereocenters. The first-order valence-corrected chi connectivity index (χ1v) is 7.83. The number of halogens is 1. The number of aliphatic hydroxyl groups excluding tert-OH is 1. The fraction of sp³-hybridized carbons (Fsp3) is 0.294. The maximum absolute atomic E-state index is 9.04. The second-order valence-corrected chi connectivity index (χ2v) is 5.71. The van der Waals surface area contributed by atoms with Gasteiger partial charge in [0, 0.05) is 16.6 Å². The van der Waals surface area contributed by atoms with E-state index < -0.39 is 0 Å². The molecule has 0 bridgehead atoms. The minimum absolute atomic E-state index is 0.0701. The molecule has 112 valence electrons. The van der Waals surface area contributed by atoms with Crippen molar-refractivity contribution in [3.05, 3.63) is 63.6 Å². The first kappa shape index (κ1) is 16.0. The van der Waals surface area contributed by atoms with Crippen molar-refractivity contribution in [2.75, 3.05) is 6.54 Å². The van der Waals surface area contributed by atoms with E-state index in [9.17, 15) is 0 Å². The minimum atomic E-state index is 0.0701. The molecule has 4 heteroatoms. The number of rotatable bonds is 7. The third-order valence-electron chi connectivity index (χ3n) is 3.19. The zero-order valence-electron chi connectivity index (χ0n) is 12.1. The van der Waals surface area contributed by atoms with Crippen molar-refractivity contribution >= 4 is 15.9 Å². The molecule has 21 heavy (non-hydrogen) atoms. The lowest BCUT2D eigenvalue weighted by Crippen LogP contribution is -2.13. The summed E-state index contributed by atoms with van der Waals surface area (Å²) in [7, 11) is 0. The van der Waals surface area contributed by atoms with Gasteiger partial charge in [-0.2, -0.15) is 0 Å². The molecule has 2 aromatic rings. The lowest BCUT2D eigenvalue weighted by Gasteiger charge is -2.12. The van der Waals surface area contributed by atoms with Crippen molar-refractivity contribution in [1.82, 2.24) is 5.32 Å². The molecule has 2 aromatic carbocycles. The average Bonchev–Trinajstić information content (AvgIpc) is 2.52. The van der Waals surface area contributed by atoms with Gasteiger partial charge >= 0.3 is 0 Å². The molecule has 0 aliphatic heterocycles. The first-order chi connectivity index (χ1) is 10.2. The van der Waals surface area contributed by atoms with Crippen LogP contribution >= 0.6 is 15.9 Å². The third-order valence-corrected chi connectivity index (χ3v) is 3.68. The van der Waals surface area contributed by atoms with E-state index in [2.05, 4.69) is 34.2 Å². The lowest BCUT2D eigenvalue weighted by atomic mass is 10.1. The summed E-state index contributed by atoms with van der Waals surface area (Å²) in [6.45, 7) is 4.39. The molecule has 3 nitrogen and oxygen atoms in total. The maximum Gasteiger partial charge on any atom is 0.124 e. The highest BCUT2D eigenvalue weighted by Crippen LogP contribution is 2.24. The number of hydrogen-bond acceptors (Lipinski definition) is 3. The number of hydrogen-bond donors (Lipinski definition) is 2. The van der Waals surface area contributed by atoms with E-state index in [0.717, 1.165) is 40.0 Å². The predicted molar refractivity (Wildman–Crippen MR) is 88.2 cm³/mol. The minimum Gasteiger partial charge on any atom is -0.489 e. The number of nitrogens with one attached hydrogen (secondary N) is 1. The SMILES string of the molecule is CCNCc1cc(Br)ccc1OCc1ccc(CO)cc1. The van der Waals surface area contributed by atoms with E-state index in [1.165, 1.54) is 0 Å². The maximum atomic E-state index is 9.04. The van der Waals surface area contributed by atoms with Crippen molar-refractivity contribution in [2.24, 2.45) is 0 Å². The Balaban J connectivity index is 2.04. The van der Waals surface area contributed by atoms with Crippen LogP contribution in [0.5, 0.6) is 5.75 Å². The van der Waals surface area contributed by atoms with Crippen molar-refractivity contribution in [2.45, 2.75) is 26.7 Å². The van der Waals surface area contributed by atoms with Gasteiger partial charge in [-0.25, -0.2) is 0 Å². The first-order valence-electron chi connectivity index (χ1n) is 7.03. The fourth-order valence-corrected chi connectivity index (χ4v) is 2.40. The van der Waals surface area contributed by atoms with Crippen molar-refractivity contribution in [1.29, 1.82) is 0 Å². The van der Waals surface area contributed by atoms with Crippen LogP contribution in [0.1, 0.15) is 23.6 Å². The van der Waals surface area contributed by atoms with Gasteiger partial charge in [-0.1, -0.05) is 47.1 Å².